The predicted molar refractivity (Wildman–Crippen MR) is 97.3 cm³/mol. The summed E-state index contributed by atoms with van der Waals surface area (Å²) in [6, 6.07) is 11.0. The Bertz CT molecular complexity index is 1020. The summed E-state index contributed by atoms with van der Waals surface area (Å²) in [6.07, 6.45) is 0. The van der Waals surface area contributed by atoms with Crippen molar-refractivity contribution in [3.63, 3.8) is 0 Å². The summed E-state index contributed by atoms with van der Waals surface area (Å²) in [5.74, 6) is -0.390. The number of benzene rings is 2. The summed E-state index contributed by atoms with van der Waals surface area (Å²) in [5.41, 5.74) is 0.724. The molecule has 0 spiro atoms. The molecule has 8 nitrogen and oxygen atoms in total. The van der Waals surface area contributed by atoms with Crippen molar-refractivity contribution in [3.8, 4) is 0 Å². The van der Waals surface area contributed by atoms with Crippen molar-refractivity contribution in [2.45, 2.75) is 29.7 Å². The van der Waals surface area contributed by atoms with Crippen LogP contribution in [0.25, 0.3) is 0 Å². The highest BCUT2D eigenvalue weighted by molar-refractivity contribution is 7.89. The maximum absolute atomic E-state index is 12.7. The standard InChI is InChI=1S/C16H19N3O5S2/c1-11(13-7-9-14(10-8-13)25(17,21)22)19-26(23,24)16-6-4-3-5-15(16)18-12(2)20/h3-11,19H,1-2H3,(H,18,20)(H2,17,21,22). The molecule has 0 heterocycles. The molecule has 10 heteroatoms. The molecule has 0 saturated heterocycles. The summed E-state index contributed by atoms with van der Waals surface area (Å²) in [6.45, 7) is 2.90. The lowest BCUT2D eigenvalue weighted by Gasteiger charge is -2.17. The lowest BCUT2D eigenvalue weighted by Crippen LogP contribution is -2.28. The monoisotopic (exact) mass is 397 g/mol. The van der Waals surface area contributed by atoms with E-state index in [1.807, 2.05) is 0 Å². The van der Waals surface area contributed by atoms with E-state index in [-0.39, 0.29) is 21.4 Å². The number of anilines is 1. The van der Waals surface area contributed by atoms with Crippen molar-refractivity contribution < 1.29 is 21.6 Å². The van der Waals surface area contributed by atoms with E-state index >= 15 is 0 Å². The Kier molecular flexibility index (Phi) is 5.81. The fraction of sp³-hybridized carbons (Fsp3) is 0.188. The number of carbonyl (C=O) groups is 1. The van der Waals surface area contributed by atoms with Gasteiger partial charge in [0.05, 0.1) is 10.6 Å². The first-order valence-corrected chi connectivity index (χ1v) is 10.6. The molecule has 4 N–H and O–H groups in total. The molecule has 0 aliphatic carbocycles. The Labute approximate surface area is 152 Å². The van der Waals surface area contributed by atoms with Gasteiger partial charge in [0.2, 0.25) is 26.0 Å². The zero-order chi connectivity index (χ0) is 19.5. The number of primary sulfonamides is 1. The average molecular weight is 397 g/mol. The topological polar surface area (TPSA) is 135 Å². The number of rotatable bonds is 6. The van der Waals surface area contributed by atoms with E-state index in [2.05, 4.69) is 10.0 Å². The number of amides is 1. The Morgan fingerprint density at radius 3 is 2.12 bits per heavy atom. The molecule has 2 rings (SSSR count). The van der Waals surface area contributed by atoms with Crippen LogP contribution < -0.4 is 15.2 Å². The molecular weight excluding hydrogens is 378 g/mol. The molecular formula is C16H19N3O5S2. The van der Waals surface area contributed by atoms with E-state index in [4.69, 9.17) is 5.14 Å². The van der Waals surface area contributed by atoms with E-state index in [0.29, 0.717) is 5.56 Å². The van der Waals surface area contributed by atoms with Crippen molar-refractivity contribution in [2.75, 3.05) is 5.32 Å². The van der Waals surface area contributed by atoms with Gasteiger partial charge in [-0.25, -0.2) is 26.7 Å². The molecule has 2 aromatic rings. The SMILES string of the molecule is CC(=O)Nc1ccccc1S(=O)(=O)NC(C)c1ccc(S(N)(=O)=O)cc1. The number of para-hydroxylation sites is 1. The van der Waals surface area contributed by atoms with Crippen LogP contribution in [0.5, 0.6) is 0 Å². The third-order valence-electron chi connectivity index (χ3n) is 3.53. The van der Waals surface area contributed by atoms with Gasteiger partial charge in [-0.15, -0.1) is 0 Å². The van der Waals surface area contributed by atoms with Crippen molar-refractivity contribution in [1.82, 2.24) is 4.72 Å². The number of nitrogens with one attached hydrogen (secondary N) is 2. The predicted octanol–water partition coefficient (Wildman–Crippen LogP) is 1.33. The second-order valence-corrected chi connectivity index (χ2v) is 8.88. The van der Waals surface area contributed by atoms with E-state index in [0.717, 1.165) is 0 Å². The molecule has 0 aromatic heterocycles. The Morgan fingerprint density at radius 1 is 1.00 bits per heavy atom. The molecule has 0 aliphatic rings. The van der Waals surface area contributed by atoms with Crippen molar-refractivity contribution in [3.05, 3.63) is 54.1 Å². The normalized spacial score (nSPS) is 13.2. The minimum Gasteiger partial charge on any atom is -0.325 e. The zero-order valence-corrected chi connectivity index (χ0v) is 15.8. The van der Waals surface area contributed by atoms with Crippen LogP contribution in [0.3, 0.4) is 0 Å². The van der Waals surface area contributed by atoms with Crippen LogP contribution in [0.4, 0.5) is 5.69 Å². The van der Waals surface area contributed by atoms with Crippen molar-refractivity contribution in [2.24, 2.45) is 5.14 Å². The molecule has 0 saturated carbocycles. The summed E-state index contributed by atoms with van der Waals surface area (Å²) in [5, 5.41) is 7.52. The molecule has 0 bridgehead atoms. The van der Waals surface area contributed by atoms with Gasteiger partial charge in [-0.1, -0.05) is 24.3 Å². The largest absolute Gasteiger partial charge is 0.325 e. The Morgan fingerprint density at radius 2 is 1.58 bits per heavy atom. The Balaban J connectivity index is 2.28. The van der Waals surface area contributed by atoms with E-state index < -0.39 is 26.1 Å². The van der Waals surface area contributed by atoms with Crippen LogP contribution in [0.15, 0.2) is 58.3 Å². The smallest absolute Gasteiger partial charge is 0.243 e. The molecule has 26 heavy (non-hydrogen) atoms. The molecule has 1 amide bonds. The fourth-order valence-electron chi connectivity index (χ4n) is 2.30. The number of carbonyl (C=O) groups excluding carboxylic acids is 1. The highest BCUT2D eigenvalue weighted by atomic mass is 32.2. The molecule has 140 valence electrons. The van der Waals surface area contributed by atoms with Gasteiger partial charge < -0.3 is 5.32 Å². The van der Waals surface area contributed by atoms with E-state index in [9.17, 15) is 21.6 Å². The molecule has 0 fully saturated rings. The van der Waals surface area contributed by atoms with Crippen molar-refractivity contribution >= 4 is 31.6 Å². The molecule has 1 unspecified atom stereocenters. The second-order valence-electron chi connectivity index (χ2n) is 5.63. The van der Waals surface area contributed by atoms with Gasteiger partial charge in [0, 0.05) is 13.0 Å². The van der Waals surface area contributed by atoms with Crippen molar-refractivity contribution in [1.29, 1.82) is 0 Å². The summed E-state index contributed by atoms with van der Waals surface area (Å²) >= 11 is 0. The molecule has 1 atom stereocenters. The minimum atomic E-state index is -3.93. The van der Waals surface area contributed by atoms with Gasteiger partial charge in [-0.3, -0.25) is 4.79 Å². The third kappa shape index (κ3) is 4.88. The average Bonchev–Trinajstić information content (AvgIpc) is 2.53. The van der Waals surface area contributed by atoms with Gasteiger partial charge >= 0.3 is 0 Å². The van der Waals surface area contributed by atoms with Gasteiger partial charge in [0.25, 0.3) is 0 Å². The van der Waals surface area contributed by atoms with Crippen LogP contribution in [0, 0.1) is 0 Å². The molecule has 0 aliphatic heterocycles. The number of sulfonamides is 2. The first-order valence-electron chi connectivity index (χ1n) is 7.52. The van der Waals surface area contributed by atoms with Crippen LogP contribution in [0.1, 0.15) is 25.5 Å². The lowest BCUT2D eigenvalue weighted by atomic mass is 10.1. The summed E-state index contributed by atoms with van der Waals surface area (Å²) in [4.78, 5) is 11.1. The van der Waals surface area contributed by atoms with E-state index in [1.54, 1.807) is 19.1 Å². The van der Waals surface area contributed by atoms with Gasteiger partial charge in [0.1, 0.15) is 4.90 Å². The van der Waals surface area contributed by atoms with Gasteiger partial charge in [-0.05, 0) is 36.8 Å². The zero-order valence-electron chi connectivity index (χ0n) is 14.1. The Hall–Kier alpha value is -2.27. The first kappa shape index (κ1) is 20.0. The number of nitrogens with two attached hydrogens (primary N) is 1. The lowest BCUT2D eigenvalue weighted by molar-refractivity contribution is -0.114. The summed E-state index contributed by atoms with van der Waals surface area (Å²) < 4.78 is 50.4. The van der Waals surface area contributed by atoms with Crippen LogP contribution >= 0.6 is 0 Å². The second kappa shape index (κ2) is 7.54. The highest BCUT2D eigenvalue weighted by Gasteiger charge is 2.22. The fourth-order valence-corrected chi connectivity index (χ4v) is 4.21. The maximum Gasteiger partial charge on any atom is 0.243 e. The van der Waals surface area contributed by atoms with Gasteiger partial charge in [0.15, 0.2) is 0 Å². The first-order chi connectivity index (χ1) is 12.0. The minimum absolute atomic E-state index is 0.0627. The number of hydrogen-bond donors (Lipinski definition) is 3. The summed E-state index contributed by atoms with van der Waals surface area (Å²) in [7, 11) is -7.75. The molecule has 2 aromatic carbocycles. The highest BCUT2D eigenvalue weighted by Crippen LogP contribution is 2.24. The third-order valence-corrected chi connectivity index (χ3v) is 6.06. The quantitative estimate of drug-likeness (QED) is 0.676. The number of hydrogen-bond acceptors (Lipinski definition) is 5. The molecule has 0 radical (unpaired) electrons. The van der Waals surface area contributed by atoms with E-state index in [1.165, 1.54) is 43.3 Å². The van der Waals surface area contributed by atoms with Crippen LogP contribution in [0.2, 0.25) is 0 Å². The van der Waals surface area contributed by atoms with Crippen LogP contribution in [-0.4, -0.2) is 22.7 Å². The van der Waals surface area contributed by atoms with Crippen LogP contribution in [-0.2, 0) is 24.8 Å². The van der Waals surface area contributed by atoms with Gasteiger partial charge in [-0.2, -0.15) is 0 Å². The maximum atomic E-state index is 12.7.